The van der Waals surface area contributed by atoms with E-state index in [-0.39, 0.29) is 0 Å². The summed E-state index contributed by atoms with van der Waals surface area (Å²) >= 11 is 5.96. The van der Waals surface area contributed by atoms with Crippen LogP contribution in [0.3, 0.4) is 0 Å². The standard InChI is InChI=1S/C14H19ClN2O2/c15-13-8-11(3-4-12(13)14(16)18)19-7-5-10-2-1-6-17-9-10/h3-4,8,10,17H,1-2,5-7,9H2,(H2,16,18). The second kappa shape index (κ2) is 6.78. The van der Waals surface area contributed by atoms with Gasteiger partial charge in [0.15, 0.2) is 0 Å². The minimum atomic E-state index is -0.523. The van der Waals surface area contributed by atoms with E-state index in [1.165, 1.54) is 12.8 Å². The third-order valence-electron chi connectivity index (χ3n) is 3.40. The van der Waals surface area contributed by atoms with Crippen molar-refractivity contribution in [1.29, 1.82) is 0 Å². The van der Waals surface area contributed by atoms with Crippen molar-refractivity contribution in [2.75, 3.05) is 19.7 Å². The Bertz CT molecular complexity index is 445. The average molecular weight is 283 g/mol. The molecule has 5 heteroatoms. The average Bonchev–Trinajstić information content (AvgIpc) is 2.39. The highest BCUT2D eigenvalue weighted by molar-refractivity contribution is 6.33. The van der Waals surface area contributed by atoms with Crippen molar-refractivity contribution in [2.24, 2.45) is 11.7 Å². The van der Waals surface area contributed by atoms with Gasteiger partial charge < -0.3 is 15.8 Å². The summed E-state index contributed by atoms with van der Waals surface area (Å²) in [6.07, 6.45) is 3.53. The summed E-state index contributed by atoms with van der Waals surface area (Å²) in [6.45, 7) is 2.87. The van der Waals surface area contributed by atoms with Crippen LogP contribution in [0.5, 0.6) is 5.75 Å². The zero-order valence-corrected chi connectivity index (χ0v) is 11.6. The van der Waals surface area contributed by atoms with Gasteiger partial charge in [0.2, 0.25) is 5.91 Å². The maximum absolute atomic E-state index is 11.0. The second-order valence-corrected chi connectivity index (χ2v) is 5.26. The number of amides is 1. The van der Waals surface area contributed by atoms with Gasteiger partial charge in [-0.3, -0.25) is 4.79 Å². The first kappa shape index (κ1) is 14.2. The van der Waals surface area contributed by atoms with E-state index in [0.717, 1.165) is 19.5 Å². The van der Waals surface area contributed by atoms with Gasteiger partial charge in [-0.15, -0.1) is 0 Å². The highest BCUT2D eigenvalue weighted by Gasteiger charge is 2.13. The van der Waals surface area contributed by atoms with Gasteiger partial charge in [0.05, 0.1) is 17.2 Å². The summed E-state index contributed by atoms with van der Waals surface area (Å²) in [6, 6.07) is 4.97. The lowest BCUT2D eigenvalue weighted by molar-refractivity contribution is 0.100. The number of carbonyl (C=O) groups excluding carboxylic acids is 1. The van der Waals surface area contributed by atoms with Gasteiger partial charge in [0, 0.05) is 0 Å². The summed E-state index contributed by atoms with van der Waals surface area (Å²) in [5.74, 6) is 0.845. The number of carbonyl (C=O) groups is 1. The van der Waals surface area contributed by atoms with E-state index in [1.54, 1.807) is 18.2 Å². The molecule has 1 aliphatic heterocycles. The van der Waals surface area contributed by atoms with E-state index in [2.05, 4.69) is 5.32 Å². The molecule has 1 atom stereocenters. The Kier molecular flexibility index (Phi) is 5.05. The first-order chi connectivity index (χ1) is 9.16. The van der Waals surface area contributed by atoms with Crippen LogP contribution in [0, 0.1) is 5.92 Å². The molecule has 19 heavy (non-hydrogen) atoms. The molecule has 1 amide bonds. The van der Waals surface area contributed by atoms with Crippen molar-refractivity contribution >= 4 is 17.5 Å². The van der Waals surface area contributed by atoms with Crippen molar-refractivity contribution in [2.45, 2.75) is 19.3 Å². The summed E-state index contributed by atoms with van der Waals surface area (Å²) in [7, 11) is 0. The lowest BCUT2D eigenvalue weighted by Gasteiger charge is -2.22. The number of halogens is 1. The highest BCUT2D eigenvalue weighted by atomic mass is 35.5. The van der Waals surface area contributed by atoms with Gasteiger partial charge in [-0.05, 0) is 56.5 Å². The molecular formula is C14H19ClN2O2. The third kappa shape index (κ3) is 4.11. The van der Waals surface area contributed by atoms with Crippen LogP contribution >= 0.6 is 11.6 Å². The van der Waals surface area contributed by atoms with Crippen LogP contribution in [0.4, 0.5) is 0 Å². The number of primary amides is 1. The maximum Gasteiger partial charge on any atom is 0.250 e. The fraction of sp³-hybridized carbons (Fsp3) is 0.500. The molecule has 1 fully saturated rings. The molecule has 0 saturated carbocycles. The quantitative estimate of drug-likeness (QED) is 0.870. The third-order valence-corrected chi connectivity index (χ3v) is 3.71. The van der Waals surface area contributed by atoms with Gasteiger partial charge in [-0.2, -0.15) is 0 Å². The molecule has 3 N–H and O–H groups in total. The molecule has 1 aromatic carbocycles. The first-order valence-electron chi connectivity index (χ1n) is 6.59. The molecule has 4 nitrogen and oxygen atoms in total. The second-order valence-electron chi connectivity index (χ2n) is 4.86. The Hall–Kier alpha value is -1.26. The van der Waals surface area contributed by atoms with Crippen molar-refractivity contribution < 1.29 is 9.53 Å². The number of hydrogen-bond donors (Lipinski definition) is 2. The van der Waals surface area contributed by atoms with Gasteiger partial charge in [0.1, 0.15) is 5.75 Å². The zero-order valence-electron chi connectivity index (χ0n) is 10.8. The van der Waals surface area contributed by atoms with Gasteiger partial charge in [-0.25, -0.2) is 0 Å². The topological polar surface area (TPSA) is 64.4 Å². The van der Waals surface area contributed by atoms with Crippen LogP contribution in [0.1, 0.15) is 29.6 Å². The highest BCUT2D eigenvalue weighted by Crippen LogP contribution is 2.23. The minimum Gasteiger partial charge on any atom is -0.494 e. The van der Waals surface area contributed by atoms with E-state index in [1.807, 2.05) is 0 Å². The van der Waals surface area contributed by atoms with E-state index in [9.17, 15) is 4.79 Å². The zero-order chi connectivity index (χ0) is 13.7. The van der Waals surface area contributed by atoms with Crippen molar-refractivity contribution in [3.05, 3.63) is 28.8 Å². The van der Waals surface area contributed by atoms with Crippen LogP contribution in [-0.2, 0) is 0 Å². The number of nitrogens with two attached hydrogens (primary N) is 1. The summed E-state index contributed by atoms with van der Waals surface area (Å²) in [5, 5.41) is 3.72. The van der Waals surface area contributed by atoms with Crippen LogP contribution < -0.4 is 15.8 Å². The molecule has 0 spiro atoms. The van der Waals surface area contributed by atoms with Crippen LogP contribution in [0.2, 0.25) is 5.02 Å². The van der Waals surface area contributed by atoms with Crippen molar-refractivity contribution in [1.82, 2.24) is 5.32 Å². The Morgan fingerprint density at radius 2 is 2.37 bits per heavy atom. The number of hydrogen-bond acceptors (Lipinski definition) is 3. The molecule has 1 aliphatic rings. The number of rotatable bonds is 5. The van der Waals surface area contributed by atoms with E-state index >= 15 is 0 Å². The fourth-order valence-corrected chi connectivity index (χ4v) is 2.56. The molecule has 1 heterocycles. The molecule has 0 radical (unpaired) electrons. The normalized spacial score (nSPS) is 19.1. The molecule has 0 aliphatic carbocycles. The number of nitrogens with one attached hydrogen (secondary N) is 1. The Balaban J connectivity index is 1.82. The minimum absolute atomic E-state index is 0.325. The maximum atomic E-state index is 11.0. The summed E-state index contributed by atoms with van der Waals surface area (Å²) in [4.78, 5) is 11.0. The molecular weight excluding hydrogens is 264 g/mol. The Morgan fingerprint density at radius 1 is 1.53 bits per heavy atom. The Morgan fingerprint density at radius 3 is 3.00 bits per heavy atom. The SMILES string of the molecule is NC(=O)c1ccc(OCCC2CCCNC2)cc1Cl. The van der Waals surface area contributed by atoms with E-state index < -0.39 is 5.91 Å². The molecule has 0 aromatic heterocycles. The smallest absolute Gasteiger partial charge is 0.250 e. The van der Waals surface area contributed by atoms with Crippen LogP contribution in [0.25, 0.3) is 0 Å². The van der Waals surface area contributed by atoms with E-state index in [4.69, 9.17) is 22.1 Å². The van der Waals surface area contributed by atoms with Crippen molar-refractivity contribution in [3.8, 4) is 5.75 Å². The van der Waals surface area contributed by atoms with Gasteiger partial charge >= 0.3 is 0 Å². The Labute approximate surface area is 118 Å². The van der Waals surface area contributed by atoms with Crippen molar-refractivity contribution in [3.63, 3.8) is 0 Å². The summed E-state index contributed by atoms with van der Waals surface area (Å²) in [5.41, 5.74) is 5.52. The van der Waals surface area contributed by atoms with Crippen LogP contribution in [-0.4, -0.2) is 25.6 Å². The molecule has 1 aromatic rings. The fourth-order valence-electron chi connectivity index (χ4n) is 2.30. The predicted octanol–water partition coefficient (Wildman–Crippen LogP) is 2.21. The number of benzene rings is 1. The predicted molar refractivity (Wildman–Crippen MR) is 75.7 cm³/mol. The number of piperidine rings is 1. The molecule has 104 valence electrons. The largest absolute Gasteiger partial charge is 0.494 e. The number of ether oxygens (including phenoxy) is 1. The molecule has 2 rings (SSSR count). The van der Waals surface area contributed by atoms with Crippen LogP contribution in [0.15, 0.2) is 18.2 Å². The van der Waals surface area contributed by atoms with Gasteiger partial charge in [0.25, 0.3) is 0 Å². The first-order valence-corrected chi connectivity index (χ1v) is 6.97. The molecule has 1 unspecified atom stereocenters. The molecule has 1 saturated heterocycles. The summed E-state index contributed by atoms with van der Waals surface area (Å²) < 4.78 is 5.66. The lowest BCUT2D eigenvalue weighted by atomic mass is 9.97. The lowest BCUT2D eigenvalue weighted by Crippen LogP contribution is -2.30. The van der Waals surface area contributed by atoms with E-state index in [0.29, 0.717) is 28.9 Å². The molecule has 0 bridgehead atoms. The van der Waals surface area contributed by atoms with Gasteiger partial charge in [-0.1, -0.05) is 11.6 Å². The monoisotopic (exact) mass is 282 g/mol.